The molecule has 30 heavy (non-hydrogen) atoms. The van der Waals surface area contributed by atoms with Crippen molar-refractivity contribution in [1.29, 1.82) is 0 Å². The summed E-state index contributed by atoms with van der Waals surface area (Å²) in [5, 5.41) is 11.7. The van der Waals surface area contributed by atoms with E-state index in [-0.39, 0.29) is 23.2 Å². The van der Waals surface area contributed by atoms with Gasteiger partial charge in [0.1, 0.15) is 5.82 Å². The minimum Gasteiger partial charge on any atom is -0.365 e. The molecule has 1 aromatic carbocycles. The van der Waals surface area contributed by atoms with Gasteiger partial charge in [-0.25, -0.2) is 9.37 Å². The summed E-state index contributed by atoms with van der Waals surface area (Å²) >= 11 is 0. The Hall–Kier alpha value is -3.20. The first-order valence-electron chi connectivity index (χ1n) is 9.95. The number of aromatic nitrogens is 3. The number of carbonyl (C=O) groups is 1. The normalized spacial score (nSPS) is 16.2. The van der Waals surface area contributed by atoms with Crippen LogP contribution in [0.4, 0.5) is 21.7 Å². The van der Waals surface area contributed by atoms with Gasteiger partial charge < -0.3 is 22.1 Å². The van der Waals surface area contributed by atoms with E-state index in [2.05, 4.69) is 20.7 Å². The minimum atomic E-state index is -0.764. The molecule has 1 fully saturated rings. The standard InChI is InChI=1S/C21H26FN7O/c1-11-14-9-13(5-6-17(14)29(3)28-11)25-19-15(18(24)30)10-16(22)20(26-19)27-21(12(2)23)7-4-8-21/h5-6,9-10,12H,4,7-8,23H2,1-3H3,(H2,24,30)(H2,25,26,27)/t12-/m0/s1. The molecule has 1 amide bonds. The van der Waals surface area contributed by atoms with Crippen molar-refractivity contribution in [3.8, 4) is 0 Å². The Morgan fingerprint density at radius 2 is 2.03 bits per heavy atom. The number of fused-ring (bicyclic) bond motifs is 1. The summed E-state index contributed by atoms with van der Waals surface area (Å²) in [6, 6.07) is 6.62. The zero-order chi connectivity index (χ0) is 21.6. The van der Waals surface area contributed by atoms with Crippen molar-refractivity contribution < 1.29 is 9.18 Å². The molecule has 2 aromatic heterocycles. The zero-order valence-electron chi connectivity index (χ0n) is 17.3. The molecule has 8 nitrogen and oxygen atoms in total. The van der Waals surface area contributed by atoms with E-state index < -0.39 is 17.3 Å². The van der Waals surface area contributed by atoms with Gasteiger partial charge in [0.15, 0.2) is 11.6 Å². The van der Waals surface area contributed by atoms with Crippen molar-refractivity contribution in [3.05, 3.63) is 41.3 Å². The summed E-state index contributed by atoms with van der Waals surface area (Å²) < 4.78 is 16.5. The number of nitrogens with one attached hydrogen (secondary N) is 2. The van der Waals surface area contributed by atoms with Gasteiger partial charge in [-0.1, -0.05) is 0 Å². The number of nitrogens with zero attached hydrogens (tertiary/aromatic N) is 3. The van der Waals surface area contributed by atoms with Gasteiger partial charge in [0.2, 0.25) is 0 Å². The molecular weight excluding hydrogens is 385 g/mol. The van der Waals surface area contributed by atoms with Crippen molar-refractivity contribution >= 4 is 34.1 Å². The largest absolute Gasteiger partial charge is 0.365 e. The number of amides is 1. The Balaban J connectivity index is 1.72. The molecular formula is C21H26FN7O. The Labute approximate surface area is 173 Å². The van der Waals surface area contributed by atoms with Crippen LogP contribution in [0.25, 0.3) is 10.9 Å². The van der Waals surface area contributed by atoms with Crippen molar-refractivity contribution in [2.75, 3.05) is 10.6 Å². The number of rotatable bonds is 6. The molecule has 1 aliphatic carbocycles. The first kappa shape index (κ1) is 20.1. The highest BCUT2D eigenvalue weighted by Crippen LogP contribution is 2.38. The van der Waals surface area contributed by atoms with Crippen molar-refractivity contribution in [1.82, 2.24) is 14.8 Å². The molecule has 158 valence electrons. The number of halogens is 1. The molecule has 4 rings (SSSR count). The molecule has 0 radical (unpaired) electrons. The summed E-state index contributed by atoms with van der Waals surface area (Å²) in [6.45, 7) is 3.82. The van der Waals surface area contributed by atoms with Crippen LogP contribution >= 0.6 is 0 Å². The van der Waals surface area contributed by atoms with Crippen LogP contribution in [0.15, 0.2) is 24.3 Å². The number of benzene rings is 1. The lowest BCUT2D eigenvalue weighted by atomic mass is 9.72. The van der Waals surface area contributed by atoms with Crippen LogP contribution in [0, 0.1) is 12.7 Å². The molecule has 1 aliphatic rings. The SMILES string of the molecule is Cc1nn(C)c2ccc(Nc3nc(NC4([C@H](C)N)CCC4)c(F)cc3C(N)=O)cc12. The van der Waals surface area contributed by atoms with E-state index >= 15 is 0 Å². The fourth-order valence-electron chi connectivity index (χ4n) is 4.00. The molecule has 0 bridgehead atoms. The van der Waals surface area contributed by atoms with Crippen molar-refractivity contribution in [2.24, 2.45) is 18.5 Å². The van der Waals surface area contributed by atoms with Gasteiger partial charge in [-0.05, 0) is 57.4 Å². The van der Waals surface area contributed by atoms with Crippen molar-refractivity contribution in [3.63, 3.8) is 0 Å². The van der Waals surface area contributed by atoms with Crippen molar-refractivity contribution in [2.45, 2.75) is 44.7 Å². The smallest absolute Gasteiger partial charge is 0.252 e. The number of pyridine rings is 1. The average molecular weight is 411 g/mol. The molecule has 0 saturated heterocycles. The van der Waals surface area contributed by atoms with Gasteiger partial charge in [-0.15, -0.1) is 0 Å². The minimum absolute atomic E-state index is 0.0236. The van der Waals surface area contributed by atoms with Crippen LogP contribution in [-0.2, 0) is 7.05 Å². The molecule has 0 spiro atoms. The van der Waals surface area contributed by atoms with E-state index in [1.165, 1.54) is 0 Å². The van der Waals surface area contributed by atoms with Crippen LogP contribution in [0.2, 0.25) is 0 Å². The van der Waals surface area contributed by atoms with Gasteiger partial charge in [0.25, 0.3) is 5.91 Å². The molecule has 1 atom stereocenters. The number of aryl methyl sites for hydroxylation is 2. The number of hydrogen-bond donors (Lipinski definition) is 4. The first-order valence-corrected chi connectivity index (χ1v) is 9.95. The number of primary amides is 1. The maximum absolute atomic E-state index is 14.7. The molecule has 9 heteroatoms. The highest BCUT2D eigenvalue weighted by Gasteiger charge is 2.41. The molecule has 0 aliphatic heterocycles. The predicted octanol–water partition coefficient (Wildman–Crippen LogP) is 2.94. The summed E-state index contributed by atoms with van der Waals surface area (Å²) in [5.41, 5.74) is 13.7. The molecule has 3 aromatic rings. The summed E-state index contributed by atoms with van der Waals surface area (Å²) in [5.74, 6) is -1.16. The van der Waals surface area contributed by atoms with Crippen LogP contribution < -0.4 is 22.1 Å². The third kappa shape index (κ3) is 3.35. The Bertz CT molecular complexity index is 1130. The Morgan fingerprint density at radius 1 is 1.30 bits per heavy atom. The summed E-state index contributed by atoms with van der Waals surface area (Å²) in [6.07, 6.45) is 2.69. The van der Waals surface area contributed by atoms with E-state index in [9.17, 15) is 9.18 Å². The lowest BCUT2D eigenvalue weighted by Crippen LogP contribution is -2.57. The fourth-order valence-corrected chi connectivity index (χ4v) is 4.00. The third-order valence-electron chi connectivity index (χ3n) is 6.02. The van der Waals surface area contributed by atoms with Crippen LogP contribution in [0.1, 0.15) is 42.2 Å². The lowest BCUT2D eigenvalue weighted by Gasteiger charge is -2.46. The van der Waals surface area contributed by atoms with Gasteiger partial charge in [-0.3, -0.25) is 9.48 Å². The summed E-state index contributed by atoms with van der Waals surface area (Å²) in [4.78, 5) is 16.3. The Kier molecular flexibility index (Phi) is 4.85. The maximum Gasteiger partial charge on any atom is 0.252 e. The lowest BCUT2D eigenvalue weighted by molar-refractivity contribution is 0.100. The topological polar surface area (TPSA) is 124 Å². The number of nitrogens with two attached hydrogens (primary N) is 2. The van der Waals surface area contributed by atoms with Crippen LogP contribution in [-0.4, -0.2) is 32.3 Å². The van der Waals surface area contributed by atoms with E-state index in [0.717, 1.165) is 41.9 Å². The molecule has 2 heterocycles. The maximum atomic E-state index is 14.7. The highest BCUT2D eigenvalue weighted by atomic mass is 19.1. The first-order chi connectivity index (χ1) is 14.2. The molecule has 1 saturated carbocycles. The zero-order valence-corrected chi connectivity index (χ0v) is 17.3. The van der Waals surface area contributed by atoms with Gasteiger partial charge in [0, 0.05) is 24.2 Å². The van der Waals surface area contributed by atoms with E-state index in [4.69, 9.17) is 11.5 Å². The Morgan fingerprint density at radius 3 is 2.63 bits per heavy atom. The fraction of sp³-hybridized carbons (Fsp3) is 0.381. The van der Waals surface area contributed by atoms with Crippen LogP contribution in [0.5, 0.6) is 0 Å². The van der Waals surface area contributed by atoms with Gasteiger partial charge in [-0.2, -0.15) is 5.10 Å². The second-order valence-electron chi connectivity index (χ2n) is 8.07. The van der Waals surface area contributed by atoms with E-state index in [1.807, 2.05) is 39.1 Å². The van der Waals surface area contributed by atoms with E-state index in [1.54, 1.807) is 4.68 Å². The molecule has 0 unspecified atom stereocenters. The summed E-state index contributed by atoms with van der Waals surface area (Å²) in [7, 11) is 1.88. The van der Waals surface area contributed by atoms with E-state index in [0.29, 0.717) is 5.69 Å². The van der Waals surface area contributed by atoms with Gasteiger partial charge in [0.05, 0.1) is 22.3 Å². The average Bonchev–Trinajstić information content (AvgIpc) is 2.93. The number of hydrogen-bond acceptors (Lipinski definition) is 6. The predicted molar refractivity (Wildman–Crippen MR) is 115 cm³/mol. The third-order valence-corrected chi connectivity index (χ3v) is 6.02. The second kappa shape index (κ2) is 7.24. The van der Waals surface area contributed by atoms with Crippen LogP contribution in [0.3, 0.4) is 0 Å². The highest BCUT2D eigenvalue weighted by molar-refractivity contribution is 5.99. The monoisotopic (exact) mass is 411 g/mol. The number of carbonyl (C=O) groups excluding carboxylic acids is 1. The quantitative estimate of drug-likeness (QED) is 0.494. The number of anilines is 3. The second-order valence-corrected chi connectivity index (χ2v) is 8.07. The molecule has 6 N–H and O–H groups in total. The van der Waals surface area contributed by atoms with Gasteiger partial charge >= 0.3 is 0 Å².